The number of carbonyl (C=O) groups excluding carboxylic acids is 4. The Labute approximate surface area is 323 Å². The average molecular weight is 767 g/mol. The first-order chi connectivity index (χ1) is 26.1. The Kier molecular flexibility index (Phi) is 26.2. The van der Waals surface area contributed by atoms with Crippen molar-refractivity contribution in [2.24, 2.45) is 0 Å². The van der Waals surface area contributed by atoms with Gasteiger partial charge in [0, 0.05) is 38.5 Å². The molecule has 0 heterocycles. The predicted molar refractivity (Wildman–Crippen MR) is 203 cm³/mol. The molecule has 310 valence electrons. The van der Waals surface area contributed by atoms with Crippen molar-refractivity contribution in [3.05, 3.63) is 0 Å². The van der Waals surface area contributed by atoms with Crippen LogP contribution in [0, 0.1) is 0 Å². The van der Waals surface area contributed by atoms with Gasteiger partial charge in [0.15, 0.2) is 0 Å². The SMILES string of the molecule is O=C(CCCCC(=O)OC1CCCCC1)OC1CCCCC1.O=C(CCCCC(=O)OC1CCCCC1)OC1CCCCC1.O=C(O)CCCCC(=O)O. The van der Waals surface area contributed by atoms with Gasteiger partial charge in [0.2, 0.25) is 0 Å². The van der Waals surface area contributed by atoms with Crippen molar-refractivity contribution >= 4 is 35.8 Å². The van der Waals surface area contributed by atoms with Crippen LogP contribution in [-0.4, -0.2) is 70.4 Å². The van der Waals surface area contributed by atoms with Gasteiger partial charge in [0.1, 0.15) is 24.4 Å². The van der Waals surface area contributed by atoms with E-state index in [1.54, 1.807) is 0 Å². The summed E-state index contributed by atoms with van der Waals surface area (Å²) >= 11 is 0. The number of ether oxygens (including phenoxy) is 4. The summed E-state index contributed by atoms with van der Waals surface area (Å²) in [5.74, 6) is -2.16. The highest BCUT2D eigenvalue weighted by atomic mass is 16.6. The van der Waals surface area contributed by atoms with Crippen LogP contribution in [-0.2, 0) is 47.7 Å². The van der Waals surface area contributed by atoms with E-state index in [1.165, 1.54) is 77.0 Å². The molecule has 4 rings (SSSR count). The van der Waals surface area contributed by atoms with E-state index in [1.807, 2.05) is 0 Å². The van der Waals surface area contributed by atoms with E-state index < -0.39 is 11.9 Å². The van der Waals surface area contributed by atoms with Gasteiger partial charge in [-0.2, -0.15) is 0 Å². The molecule has 0 aliphatic heterocycles. The molecule has 2 N–H and O–H groups in total. The zero-order chi connectivity index (χ0) is 39.2. The second-order valence-corrected chi connectivity index (χ2v) is 15.4. The lowest BCUT2D eigenvalue weighted by Crippen LogP contribution is -2.21. The Bertz CT molecular complexity index is 915. The first kappa shape index (κ1) is 47.0. The second-order valence-electron chi connectivity index (χ2n) is 15.4. The molecule has 4 aliphatic rings. The lowest BCUT2D eigenvalue weighted by atomic mass is 9.98. The zero-order valence-corrected chi connectivity index (χ0v) is 32.9. The molecule has 12 nitrogen and oxygen atoms in total. The van der Waals surface area contributed by atoms with Crippen molar-refractivity contribution in [3.63, 3.8) is 0 Å². The molecule has 54 heavy (non-hydrogen) atoms. The summed E-state index contributed by atoms with van der Waals surface area (Å²) in [6.07, 6.45) is 28.6. The molecule has 4 saturated carbocycles. The van der Waals surface area contributed by atoms with Crippen LogP contribution in [0.1, 0.15) is 205 Å². The molecule has 0 atom stereocenters. The first-order valence-electron chi connectivity index (χ1n) is 21.3. The first-order valence-corrected chi connectivity index (χ1v) is 21.3. The summed E-state index contributed by atoms with van der Waals surface area (Å²) in [5.41, 5.74) is 0. The van der Waals surface area contributed by atoms with E-state index in [0.29, 0.717) is 64.2 Å². The third-order valence-corrected chi connectivity index (χ3v) is 10.5. The van der Waals surface area contributed by atoms with Crippen molar-refractivity contribution in [2.75, 3.05) is 0 Å². The maximum atomic E-state index is 11.7. The molecule has 12 heteroatoms. The number of hydrogen-bond donors (Lipinski definition) is 2. The minimum atomic E-state index is -0.870. The number of aliphatic carboxylic acids is 2. The van der Waals surface area contributed by atoms with E-state index in [2.05, 4.69) is 0 Å². The van der Waals surface area contributed by atoms with Gasteiger partial charge in [-0.1, -0.05) is 25.7 Å². The second kappa shape index (κ2) is 30.1. The number of carboxylic acid groups (broad SMARTS) is 2. The van der Waals surface area contributed by atoms with Crippen LogP contribution >= 0.6 is 0 Å². The number of esters is 4. The van der Waals surface area contributed by atoms with Gasteiger partial charge in [-0.25, -0.2) is 0 Å². The van der Waals surface area contributed by atoms with Gasteiger partial charge >= 0.3 is 35.8 Å². The molecule has 0 spiro atoms. The number of unbranched alkanes of at least 4 members (excludes halogenated alkanes) is 3. The van der Waals surface area contributed by atoms with E-state index in [4.69, 9.17) is 29.2 Å². The minimum absolute atomic E-state index is 0.0628. The summed E-state index contributed by atoms with van der Waals surface area (Å²) in [6.45, 7) is 0. The number of rotatable bonds is 19. The van der Waals surface area contributed by atoms with E-state index in [9.17, 15) is 28.8 Å². The van der Waals surface area contributed by atoms with Crippen LogP contribution in [0.5, 0.6) is 0 Å². The van der Waals surface area contributed by atoms with Crippen LogP contribution < -0.4 is 0 Å². The van der Waals surface area contributed by atoms with Crippen molar-refractivity contribution in [3.8, 4) is 0 Å². The topological polar surface area (TPSA) is 180 Å². The van der Waals surface area contributed by atoms with Crippen LogP contribution in [0.25, 0.3) is 0 Å². The predicted octanol–water partition coefficient (Wildman–Crippen LogP) is 9.31. The smallest absolute Gasteiger partial charge is 0.306 e. The number of hydrogen-bond acceptors (Lipinski definition) is 10. The third-order valence-electron chi connectivity index (χ3n) is 10.5. The Hall–Kier alpha value is -3.18. The summed E-state index contributed by atoms with van der Waals surface area (Å²) in [4.78, 5) is 66.7. The molecule has 0 saturated heterocycles. The Morgan fingerprint density at radius 3 is 0.685 bits per heavy atom. The molecule has 0 bridgehead atoms. The van der Waals surface area contributed by atoms with E-state index in [-0.39, 0.29) is 61.1 Å². The highest BCUT2D eigenvalue weighted by Crippen LogP contribution is 2.24. The monoisotopic (exact) mass is 766 g/mol. The number of carboxylic acids is 2. The highest BCUT2D eigenvalue weighted by molar-refractivity contribution is 5.71. The lowest BCUT2D eigenvalue weighted by Gasteiger charge is -2.22. The maximum Gasteiger partial charge on any atom is 0.306 e. The summed E-state index contributed by atoms with van der Waals surface area (Å²) in [5, 5.41) is 16.3. The highest BCUT2D eigenvalue weighted by Gasteiger charge is 2.21. The molecule has 0 aromatic carbocycles. The summed E-state index contributed by atoms with van der Waals surface area (Å²) in [6, 6.07) is 0. The van der Waals surface area contributed by atoms with Gasteiger partial charge in [0.05, 0.1) is 0 Å². The van der Waals surface area contributed by atoms with Crippen LogP contribution in [0.15, 0.2) is 0 Å². The van der Waals surface area contributed by atoms with Crippen LogP contribution in [0.2, 0.25) is 0 Å². The molecule has 4 aliphatic carbocycles. The molecule has 4 fully saturated rings. The van der Waals surface area contributed by atoms with Crippen LogP contribution in [0.4, 0.5) is 0 Å². The Balaban J connectivity index is 0.000000301. The molecule has 0 radical (unpaired) electrons. The molecule has 0 aromatic rings. The van der Waals surface area contributed by atoms with E-state index >= 15 is 0 Å². The van der Waals surface area contributed by atoms with Gasteiger partial charge in [-0.15, -0.1) is 0 Å². The third kappa shape index (κ3) is 25.8. The molecule has 0 aromatic heterocycles. The minimum Gasteiger partial charge on any atom is -0.481 e. The maximum absolute atomic E-state index is 11.7. The fourth-order valence-corrected chi connectivity index (χ4v) is 7.34. The van der Waals surface area contributed by atoms with E-state index in [0.717, 1.165) is 51.4 Å². The van der Waals surface area contributed by atoms with Gasteiger partial charge < -0.3 is 29.2 Å². The van der Waals surface area contributed by atoms with Crippen molar-refractivity contribution in [1.29, 1.82) is 0 Å². The van der Waals surface area contributed by atoms with Gasteiger partial charge in [-0.3, -0.25) is 28.8 Å². The average Bonchev–Trinajstić information content (AvgIpc) is 3.16. The fourth-order valence-electron chi connectivity index (χ4n) is 7.34. The van der Waals surface area contributed by atoms with Crippen molar-refractivity contribution in [1.82, 2.24) is 0 Å². The molecular formula is C42H70O12. The van der Waals surface area contributed by atoms with Crippen LogP contribution in [0.3, 0.4) is 0 Å². The number of carbonyl (C=O) groups is 6. The van der Waals surface area contributed by atoms with Crippen molar-refractivity contribution in [2.45, 2.75) is 230 Å². The summed E-state index contributed by atoms with van der Waals surface area (Å²) in [7, 11) is 0. The lowest BCUT2D eigenvalue weighted by molar-refractivity contribution is -0.152. The Morgan fingerprint density at radius 2 is 0.500 bits per heavy atom. The normalized spacial score (nSPS) is 18.4. The van der Waals surface area contributed by atoms with Gasteiger partial charge in [-0.05, 0) is 141 Å². The zero-order valence-electron chi connectivity index (χ0n) is 32.9. The summed E-state index contributed by atoms with van der Waals surface area (Å²) < 4.78 is 21.9. The largest absolute Gasteiger partial charge is 0.481 e. The van der Waals surface area contributed by atoms with Crippen molar-refractivity contribution < 1.29 is 57.9 Å². The molecule has 0 amide bonds. The quantitative estimate of drug-likeness (QED) is 0.0724. The molecule has 0 unspecified atom stereocenters. The Morgan fingerprint density at radius 1 is 0.315 bits per heavy atom. The standard InChI is InChI=1S/2C18H30O4.C6H10O4/c2*19-17(21-15-9-3-1-4-10-15)13-7-8-14-18(20)22-16-11-5-2-6-12-16;7-5(8)3-1-2-4-6(9)10/h2*15-16H,1-14H2;1-4H2,(H,7,8)(H,9,10). The van der Waals surface area contributed by atoms with Gasteiger partial charge in [0.25, 0.3) is 0 Å². The molecular weight excluding hydrogens is 696 g/mol. The fraction of sp³-hybridized carbons (Fsp3) is 0.857.